The quantitative estimate of drug-likeness (QED) is 0.521. The first-order valence-corrected chi connectivity index (χ1v) is 6.78. The van der Waals surface area contributed by atoms with Crippen LogP contribution >= 0.6 is 11.3 Å². The predicted octanol–water partition coefficient (Wildman–Crippen LogP) is -1.51. The van der Waals surface area contributed by atoms with Crippen LogP contribution in [-0.4, -0.2) is 44.6 Å². The maximum absolute atomic E-state index is 11.5. The van der Waals surface area contributed by atoms with Crippen LogP contribution in [0.2, 0.25) is 0 Å². The Kier molecular flexibility index (Phi) is 6.10. The van der Waals surface area contributed by atoms with Gasteiger partial charge in [-0.15, -0.1) is 11.3 Å². The highest BCUT2D eigenvalue weighted by Gasteiger charge is 2.06. The first-order chi connectivity index (χ1) is 8.08. The zero-order valence-corrected chi connectivity index (χ0v) is 11.6. The van der Waals surface area contributed by atoms with Crippen molar-refractivity contribution in [2.24, 2.45) is 0 Å². The average Bonchev–Trinajstić information content (AvgIpc) is 2.63. The summed E-state index contributed by atoms with van der Waals surface area (Å²) in [6.45, 7) is 4.53. The molecule has 0 aromatic carbocycles. The molecular weight excluding hydrogens is 236 g/mol. The maximum atomic E-state index is 11.5. The number of nitrogens with two attached hydrogens (primary N) is 1. The van der Waals surface area contributed by atoms with E-state index >= 15 is 0 Å². The van der Waals surface area contributed by atoms with E-state index < -0.39 is 0 Å². The number of aryl methyl sites for hydroxylation is 1. The van der Waals surface area contributed by atoms with Gasteiger partial charge in [-0.05, 0) is 6.92 Å². The summed E-state index contributed by atoms with van der Waals surface area (Å²) in [5.41, 5.74) is 0.947. The molecule has 1 amide bonds. The molecule has 4 N–H and O–H groups in total. The molecule has 0 spiro atoms. The summed E-state index contributed by atoms with van der Waals surface area (Å²) in [6.07, 6.45) is 1.13. The van der Waals surface area contributed by atoms with Crippen molar-refractivity contribution in [2.45, 2.75) is 13.3 Å². The Hall–Kier alpha value is -0.980. The number of carbonyl (C=O) groups excluding carboxylic acids is 1. The van der Waals surface area contributed by atoms with Crippen molar-refractivity contribution >= 4 is 22.4 Å². The van der Waals surface area contributed by atoms with Crippen LogP contribution in [0.15, 0.2) is 5.38 Å². The minimum absolute atomic E-state index is 0.0246. The van der Waals surface area contributed by atoms with E-state index in [0.717, 1.165) is 25.2 Å². The largest absolute Gasteiger partial charge is 0.340 e. The Morgan fingerprint density at radius 3 is 2.94 bits per heavy atom. The van der Waals surface area contributed by atoms with Crippen LogP contribution in [0.25, 0.3) is 0 Å². The number of aromatic nitrogens is 1. The van der Waals surface area contributed by atoms with Gasteiger partial charge in [0.05, 0.1) is 32.9 Å². The van der Waals surface area contributed by atoms with Crippen LogP contribution in [0, 0.1) is 6.92 Å². The molecule has 0 unspecified atom stereocenters. The van der Waals surface area contributed by atoms with Crippen LogP contribution in [0.1, 0.15) is 12.1 Å². The van der Waals surface area contributed by atoms with Gasteiger partial charge in [0.15, 0.2) is 11.7 Å². The normalized spacial score (nSPS) is 10.8. The van der Waals surface area contributed by atoms with Gasteiger partial charge >= 0.3 is 0 Å². The lowest BCUT2D eigenvalue weighted by molar-refractivity contribution is -0.860. The summed E-state index contributed by atoms with van der Waals surface area (Å²) >= 11 is 1.47. The lowest BCUT2D eigenvalue weighted by Gasteiger charge is -2.05. The molecule has 1 aromatic rings. The first kappa shape index (κ1) is 14.1. The molecule has 0 aliphatic carbocycles. The van der Waals surface area contributed by atoms with Gasteiger partial charge in [0.1, 0.15) is 0 Å². The second-order valence-electron chi connectivity index (χ2n) is 4.43. The molecule has 0 aliphatic heterocycles. The van der Waals surface area contributed by atoms with E-state index in [1.54, 1.807) is 0 Å². The van der Waals surface area contributed by atoms with Crippen LogP contribution < -0.4 is 15.5 Å². The highest BCUT2D eigenvalue weighted by Crippen LogP contribution is 2.13. The smallest absolute Gasteiger partial charge is 0.281 e. The molecule has 1 heterocycles. The Balaban J connectivity index is 2.09. The SMILES string of the molecule is Cc1csc(NC(=O)C[NH2+]CCC[NH+](C)C)n1. The number of nitrogens with zero attached hydrogens (tertiary/aromatic N) is 1. The third-order valence-electron chi connectivity index (χ3n) is 2.28. The molecular formula is C11H22N4OS+2. The van der Waals surface area contributed by atoms with E-state index in [2.05, 4.69) is 24.4 Å². The van der Waals surface area contributed by atoms with E-state index in [-0.39, 0.29) is 5.91 Å². The number of carbonyl (C=O) groups is 1. The van der Waals surface area contributed by atoms with Crippen LogP contribution in [-0.2, 0) is 4.79 Å². The predicted molar refractivity (Wildman–Crippen MR) is 69.4 cm³/mol. The Morgan fingerprint density at radius 2 is 2.35 bits per heavy atom. The third kappa shape index (κ3) is 6.35. The van der Waals surface area contributed by atoms with E-state index in [1.165, 1.54) is 16.2 Å². The number of quaternary nitrogens is 2. The van der Waals surface area contributed by atoms with Gasteiger partial charge in [0.2, 0.25) is 0 Å². The molecule has 1 aromatic heterocycles. The number of amides is 1. The van der Waals surface area contributed by atoms with Crippen LogP contribution in [0.3, 0.4) is 0 Å². The second kappa shape index (κ2) is 7.37. The fourth-order valence-corrected chi connectivity index (χ4v) is 2.12. The minimum atomic E-state index is 0.0246. The third-order valence-corrected chi connectivity index (χ3v) is 3.16. The van der Waals surface area contributed by atoms with Crippen molar-refractivity contribution in [1.82, 2.24) is 4.98 Å². The molecule has 0 radical (unpaired) electrons. The van der Waals surface area contributed by atoms with Crippen molar-refractivity contribution in [3.05, 3.63) is 11.1 Å². The van der Waals surface area contributed by atoms with E-state index in [9.17, 15) is 4.79 Å². The summed E-state index contributed by atoms with van der Waals surface area (Å²) in [4.78, 5) is 17.2. The molecule has 0 saturated heterocycles. The van der Waals surface area contributed by atoms with E-state index in [1.807, 2.05) is 17.6 Å². The topological polar surface area (TPSA) is 63.0 Å². The molecule has 0 bridgehead atoms. The van der Waals surface area contributed by atoms with Crippen molar-refractivity contribution < 1.29 is 15.0 Å². The summed E-state index contributed by atoms with van der Waals surface area (Å²) in [7, 11) is 4.27. The molecule has 17 heavy (non-hydrogen) atoms. The molecule has 1 rings (SSSR count). The van der Waals surface area contributed by atoms with Crippen LogP contribution in [0.5, 0.6) is 0 Å². The highest BCUT2D eigenvalue weighted by atomic mass is 32.1. The molecule has 0 aliphatic rings. The maximum Gasteiger partial charge on any atom is 0.281 e. The monoisotopic (exact) mass is 258 g/mol. The molecule has 6 heteroatoms. The highest BCUT2D eigenvalue weighted by molar-refractivity contribution is 7.13. The molecule has 96 valence electrons. The molecule has 0 saturated carbocycles. The van der Waals surface area contributed by atoms with Gasteiger partial charge in [0, 0.05) is 11.8 Å². The van der Waals surface area contributed by atoms with Crippen molar-refractivity contribution in [1.29, 1.82) is 0 Å². The summed E-state index contributed by atoms with van der Waals surface area (Å²) in [5.74, 6) is 0.0246. The lowest BCUT2D eigenvalue weighted by atomic mass is 10.4. The first-order valence-electron chi connectivity index (χ1n) is 5.90. The number of rotatable bonds is 7. The van der Waals surface area contributed by atoms with Crippen molar-refractivity contribution in [3.63, 3.8) is 0 Å². The zero-order chi connectivity index (χ0) is 12.7. The Bertz CT molecular complexity index is 351. The van der Waals surface area contributed by atoms with Gasteiger partial charge in [-0.2, -0.15) is 0 Å². The molecule has 0 atom stereocenters. The molecule has 0 fully saturated rings. The van der Waals surface area contributed by atoms with Gasteiger partial charge in [-0.3, -0.25) is 10.1 Å². The number of nitrogens with one attached hydrogen (secondary N) is 2. The fourth-order valence-electron chi connectivity index (χ4n) is 1.41. The van der Waals surface area contributed by atoms with Gasteiger partial charge in [0.25, 0.3) is 5.91 Å². The van der Waals surface area contributed by atoms with Gasteiger partial charge in [-0.25, -0.2) is 4.98 Å². The lowest BCUT2D eigenvalue weighted by Crippen LogP contribution is -3.06. The molecule has 5 nitrogen and oxygen atoms in total. The fraction of sp³-hybridized carbons (Fsp3) is 0.636. The van der Waals surface area contributed by atoms with Crippen molar-refractivity contribution in [2.75, 3.05) is 39.0 Å². The van der Waals surface area contributed by atoms with E-state index in [4.69, 9.17) is 0 Å². The summed E-state index contributed by atoms with van der Waals surface area (Å²) in [6, 6.07) is 0. The van der Waals surface area contributed by atoms with Gasteiger partial charge in [-0.1, -0.05) is 0 Å². The number of hydrogen-bond acceptors (Lipinski definition) is 3. The second-order valence-corrected chi connectivity index (χ2v) is 5.29. The Morgan fingerprint density at radius 1 is 1.59 bits per heavy atom. The van der Waals surface area contributed by atoms with E-state index in [0.29, 0.717) is 11.7 Å². The minimum Gasteiger partial charge on any atom is -0.340 e. The summed E-state index contributed by atoms with van der Waals surface area (Å²) < 4.78 is 0. The average molecular weight is 258 g/mol. The standard InChI is InChI=1S/C11H20N4OS/c1-9-8-17-11(13-9)14-10(16)7-12-5-4-6-15(2)3/h8,12H,4-7H2,1-3H3,(H,13,14,16)/p+2. The van der Waals surface area contributed by atoms with Crippen LogP contribution in [0.4, 0.5) is 5.13 Å². The Labute approximate surface area is 106 Å². The number of anilines is 1. The summed E-state index contributed by atoms with van der Waals surface area (Å²) in [5, 5.41) is 7.46. The zero-order valence-electron chi connectivity index (χ0n) is 10.7. The van der Waals surface area contributed by atoms with Gasteiger partial charge < -0.3 is 10.2 Å². The van der Waals surface area contributed by atoms with Crippen molar-refractivity contribution in [3.8, 4) is 0 Å². The number of thiazole rings is 1. The number of hydrogen-bond donors (Lipinski definition) is 3.